The highest BCUT2D eigenvalue weighted by Gasteiger charge is 2.78. The van der Waals surface area contributed by atoms with Crippen LogP contribution in [0, 0.1) is 28.1 Å². The summed E-state index contributed by atoms with van der Waals surface area (Å²) in [6.07, 6.45) is 3.13. The van der Waals surface area contributed by atoms with Gasteiger partial charge in [0.05, 0.1) is 6.07 Å². The summed E-state index contributed by atoms with van der Waals surface area (Å²) in [5, 5.41) is 12.5. The van der Waals surface area contributed by atoms with Crippen molar-refractivity contribution in [3.05, 3.63) is 34.9 Å². The minimum atomic E-state index is -0.577. The van der Waals surface area contributed by atoms with E-state index in [4.69, 9.17) is 11.6 Å². The smallest absolute Gasteiger partial charge is 0.265 e. The Morgan fingerprint density at radius 2 is 2.09 bits per heavy atom. The van der Waals surface area contributed by atoms with Crippen molar-refractivity contribution in [3.8, 4) is 6.07 Å². The van der Waals surface area contributed by atoms with Gasteiger partial charge in [0.15, 0.2) is 0 Å². The second-order valence-electron chi connectivity index (χ2n) is 7.70. The molecule has 0 spiro atoms. The summed E-state index contributed by atoms with van der Waals surface area (Å²) in [6.45, 7) is 5.27. The Hall–Kier alpha value is -1.57. The zero-order chi connectivity index (χ0) is 16.5. The topological polar surface area (TPSA) is 56.1 Å². The molecule has 0 aromatic heterocycles. The molecule has 4 atom stereocenters. The van der Waals surface area contributed by atoms with Crippen molar-refractivity contribution in [2.24, 2.45) is 16.7 Å². The highest BCUT2D eigenvalue weighted by molar-refractivity contribution is 6.30. The lowest BCUT2D eigenvalue weighted by molar-refractivity contribution is 0.0240. The van der Waals surface area contributed by atoms with Crippen molar-refractivity contribution < 1.29 is 4.79 Å². The van der Waals surface area contributed by atoms with E-state index >= 15 is 0 Å². The lowest BCUT2D eigenvalue weighted by Crippen LogP contribution is -2.59. The van der Waals surface area contributed by atoms with Gasteiger partial charge in [-0.2, -0.15) is 10.3 Å². The van der Waals surface area contributed by atoms with Gasteiger partial charge in [-0.05, 0) is 54.9 Å². The third-order valence-electron chi connectivity index (χ3n) is 7.08. The van der Waals surface area contributed by atoms with Crippen molar-refractivity contribution in [1.29, 1.82) is 5.26 Å². The van der Waals surface area contributed by atoms with Crippen LogP contribution in [-0.4, -0.2) is 23.0 Å². The van der Waals surface area contributed by atoms with E-state index in [1.807, 2.05) is 5.01 Å². The highest BCUT2D eigenvalue weighted by Crippen LogP contribution is 2.75. The Labute approximate surface area is 141 Å². The first kappa shape index (κ1) is 15.0. The molecule has 120 valence electrons. The van der Waals surface area contributed by atoms with Crippen LogP contribution < -0.4 is 5.43 Å². The van der Waals surface area contributed by atoms with Crippen molar-refractivity contribution in [1.82, 2.24) is 10.4 Å². The Morgan fingerprint density at radius 3 is 2.70 bits per heavy atom. The number of benzene rings is 1. The quantitative estimate of drug-likeness (QED) is 0.904. The van der Waals surface area contributed by atoms with E-state index in [2.05, 4.69) is 25.3 Å². The molecule has 5 heteroatoms. The fourth-order valence-electron chi connectivity index (χ4n) is 5.43. The number of nitrogens with zero attached hydrogens (tertiary/aromatic N) is 2. The maximum absolute atomic E-state index is 12.6. The predicted molar refractivity (Wildman–Crippen MR) is 87.5 cm³/mol. The zero-order valence-electron chi connectivity index (χ0n) is 13.4. The third-order valence-corrected chi connectivity index (χ3v) is 7.34. The van der Waals surface area contributed by atoms with E-state index in [0.29, 0.717) is 16.5 Å². The summed E-state index contributed by atoms with van der Waals surface area (Å²) in [5.74, 6) is 0.419. The second-order valence-corrected chi connectivity index (χ2v) is 8.13. The average molecular weight is 330 g/mol. The van der Waals surface area contributed by atoms with E-state index in [0.717, 1.165) is 19.4 Å². The van der Waals surface area contributed by atoms with Crippen LogP contribution in [0.1, 0.15) is 43.5 Å². The molecule has 1 N–H and O–H groups in total. The van der Waals surface area contributed by atoms with Gasteiger partial charge >= 0.3 is 0 Å². The van der Waals surface area contributed by atoms with Crippen molar-refractivity contribution in [2.45, 2.75) is 38.6 Å². The molecule has 4 bridgehead atoms. The van der Waals surface area contributed by atoms with Gasteiger partial charge in [0.2, 0.25) is 0 Å². The van der Waals surface area contributed by atoms with Crippen LogP contribution in [0.4, 0.5) is 0 Å². The standard InChI is InChI=1S/C18H20ClN3O/c1-16-11-22(21-15(23)12-3-5-14(19)6-4-12)18(10-20)9-13(16)7-8-17(16,18)2/h3-6,13H,7-9,11H2,1-2H3,(H,21,23)/t13-,16+,17-,18+/m1/s1. The Bertz CT molecular complexity index is 727. The van der Waals surface area contributed by atoms with E-state index in [9.17, 15) is 10.1 Å². The molecule has 1 saturated heterocycles. The lowest BCUT2D eigenvalue weighted by atomic mass is 9.66. The SMILES string of the molecule is C[C@]12CC[C@@H]3C[C@@]1(C#N)N(NC(=O)c1ccc(Cl)cc1)C[C@@]32C. The number of nitriles is 1. The van der Waals surface area contributed by atoms with E-state index in [1.54, 1.807) is 24.3 Å². The number of nitrogens with one attached hydrogen (secondary N) is 1. The van der Waals surface area contributed by atoms with Crippen LogP contribution in [0.3, 0.4) is 0 Å². The monoisotopic (exact) mass is 329 g/mol. The molecule has 3 fully saturated rings. The Balaban J connectivity index is 1.63. The number of rotatable bonds is 2. The van der Waals surface area contributed by atoms with Gasteiger partial charge in [-0.15, -0.1) is 0 Å². The molecular weight excluding hydrogens is 310 g/mol. The number of halogens is 1. The van der Waals surface area contributed by atoms with Crippen LogP contribution in [0.2, 0.25) is 5.02 Å². The van der Waals surface area contributed by atoms with Gasteiger partial charge in [0.25, 0.3) is 5.91 Å². The van der Waals surface area contributed by atoms with Crippen LogP contribution >= 0.6 is 11.6 Å². The van der Waals surface area contributed by atoms with Crippen LogP contribution in [0.25, 0.3) is 0 Å². The van der Waals surface area contributed by atoms with Crippen LogP contribution in [0.15, 0.2) is 24.3 Å². The summed E-state index contributed by atoms with van der Waals surface area (Å²) >= 11 is 5.88. The summed E-state index contributed by atoms with van der Waals surface area (Å²) in [4.78, 5) is 12.6. The number of carbonyl (C=O) groups excluding carboxylic acids is 1. The number of hydrogen-bond acceptors (Lipinski definition) is 3. The summed E-state index contributed by atoms with van der Waals surface area (Å²) in [7, 11) is 0. The Kier molecular flexibility index (Phi) is 2.93. The highest BCUT2D eigenvalue weighted by atomic mass is 35.5. The normalized spacial score (nSPS) is 41.0. The van der Waals surface area contributed by atoms with Gasteiger partial charge in [0, 0.05) is 22.5 Å². The maximum atomic E-state index is 12.6. The number of piperidine rings is 1. The number of hydrazine groups is 1. The first-order valence-electron chi connectivity index (χ1n) is 8.12. The van der Waals surface area contributed by atoms with E-state index < -0.39 is 5.54 Å². The molecule has 0 unspecified atom stereocenters. The summed E-state index contributed by atoms with van der Waals surface area (Å²) in [5.41, 5.74) is 3.04. The fraction of sp³-hybridized carbons (Fsp3) is 0.556. The number of carbonyl (C=O) groups is 1. The van der Waals surface area contributed by atoms with E-state index in [1.165, 1.54) is 6.42 Å². The molecule has 0 radical (unpaired) electrons. The first-order chi connectivity index (χ1) is 10.9. The largest absolute Gasteiger partial charge is 0.283 e. The minimum absolute atomic E-state index is 0.0489. The molecule has 3 aliphatic rings. The van der Waals surface area contributed by atoms with Gasteiger partial charge in [-0.3, -0.25) is 10.2 Å². The molecule has 1 aliphatic heterocycles. The van der Waals surface area contributed by atoms with E-state index in [-0.39, 0.29) is 16.7 Å². The van der Waals surface area contributed by atoms with Gasteiger partial charge in [0.1, 0.15) is 5.54 Å². The molecule has 1 heterocycles. The molecule has 23 heavy (non-hydrogen) atoms. The van der Waals surface area contributed by atoms with Crippen LogP contribution in [0.5, 0.6) is 0 Å². The van der Waals surface area contributed by atoms with Crippen LogP contribution in [-0.2, 0) is 0 Å². The molecular formula is C18H20ClN3O. The molecule has 1 aromatic carbocycles. The van der Waals surface area contributed by atoms with Crippen molar-refractivity contribution >= 4 is 17.5 Å². The molecule has 2 saturated carbocycles. The molecule has 1 aromatic rings. The average Bonchev–Trinajstić information content (AvgIpc) is 2.96. The van der Waals surface area contributed by atoms with Crippen molar-refractivity contribution in [2.75, 3.05) is 6.54 Å². The minimum Gasteiger partial charge on any atom is -0.283 e. The molecule has 1 amide bonds. The predicted octanol–water partition coefficient (Wildman–Crippen LogP) is 3.39. The third kappa shape index (κ3) is 1.62. The van der Waals surface area contributed by atoms with Gasteiger partial charge in [-0.1, -0.05) is 25.4 Å². The summed E-state index contributed by atoms with van der Waals surface area (Å²) in [6, 6.07) is 9.40. The molecule has 4 rings (SSSR count). The molecule has 4 nitrogen and oxygen atoms in total. The lowest BCUT2D eigenvalue weighted by Gasteiger charge is -2.42. The second kappa shape index (κ2) is 4.49. The zero-order valence-corrected chi connectivity index (χ0v) is 14.2. The van der Waals surface area contributed by atoms with Crippen molar-refractivity contribution in [3.63, 3.8) is 0 Å². The first-order valence-corrected chi connectivity index (χ1v) is 8.50. The van der Waals surface area contributed by atoms with Gasteiger partial charge in [-0.25, -0.2) is 0 Å². The van der Waals surface area contributed by atoms with Gasteiger partial charge < -0.3 is 0 Å². The molecule has 2 aliphatic carbocycles. The Morgan fingerprint density at radius 1 is 1.39 bits per heavy atom. The fourth-order valence-corrected chi connectivity index (χ4v) is 5.56. The summed E-state index contributed by atoms with van der Waals surface area (Å²) < 4.78 is 0. The number of hydrogen-bond donors (Lipinski definition) is 1. The number of amides is 1. The maximum Gasteiger partial charge on any atom is 0.265 e.